The van der Waals surface area contributed by atoms with Crippen molar-refractivity contribution in [2.45, 2.75) is 39.8 Å². The van der Waals surface area contributed by atoms with Crippen LogP contribution in [-0.4, -0.2) is 18.2 Å². The number of benzene rings is 2. The highest BCUT2D eigenvalue weighted by Gasteiger charge is 2.64. The molecule has 6 nitrogen and oxygen atoms in total. The van der Waals surface area contributed by atoms with Crippen LogP contribution in [0.5, 0.6) is 5.75 Å². The van der Waals surface area contributed by atoms with Gasteiger partial charge in [-0.3, -0.25) is 0 Å². The number of nitrogen functional groups attached to an aromatic ring is 1. The van der Waals surface area contributed by atoms with Crippen LogP contribution in [0, 0.1) is 22.2 Å². The van der Waals surface area contributed by atoms with Crippen molar-refractivity contribution in [2.75, 3.05) is 11.1 Å². The van der Waals surface area contributed by atoms with E-state index in [2.05, 4.69) is 60.3 Å². The van der Waals surface area contributed by atoms with Crippen molar-refractivity contribution in [1.29, 1.82) is 5.26 Å². The van der Waals surface area contributed by atoms with Crippen LogP contribution in [0.2, 0.25) is 0 Å². The summed E-state index contributed by atoms with van der Waals surface area (Å²) in [6.45, 7) is 8.32. The lowest BCUT2D eigenvalue weighted by Gasteiger charge is -2.63. The number of nitriles is 1. The molecule has 2 aromatic carbocycles. The minimum absolute atomic E-state index is 0.0874. The summed E-state index contributed by atoms with van der Waals surface area (Å²) in [6, 6.07) is 14.1. The topological polar surface area (TPSA) is 100 Å². The van der Waals surface area contributed by atoms with Gasteiger partial charge in [-0.05, 0) is 58.4 Å². The zero-order valence-corrected chi connectivity index (χ0v) is 18.5. The summed E-state index contributed by atoms with van der Waals surface area (Å²) in [5.41, 5.74) is 6.99. The van der Waals surface area contributed by atoms with Gasteiger partial charge in [-0.1, -0.05) is 27.7 Å². The molecule has 1 aliphatic rings. The van der Waals surface area contributed by atoms with Crippen LogP contribution in [0.25, 0.3) is 0 Å². The smallest absolute Gasteiger partial charge is 0.319 e. The van der Waals surface area contributed by atoms with Gasteiger partial charge in [0.05, 0.1) is 5.56 Å². The van der Waals surface area contributed by atoms with Crippen LogP contribution in [0.1, 0.15) is 33.3 Å². The van der Waals surface area contributed by atoms with E-state index in [-0.39, 0.29) is 29.0 Å². The number of ether oxygens (including phenoxy) is 1. The number of hydrogen-bond donors (Lipinski definition) is 3. The number of carbonyl (C=O) groups excluding carboxylic acids is 1. The second-order valence-corrected chi connectivity index (χ2v) is 9.40. The first-order valence-electron chi connectivity index (χ1n) is 9.35. The first kappa shape index (κ1) is 21.0. The van der Waals surface area contributed by atoms with Crippen LogP contribution in [0.15, 0.2) is 46.9 Å². The van der Waals surface area contributed by atoms with Crippen molar-refractivity contribution in [3.8, 4) is 11.8 Å². The Morgan fingerprint density at radius 2 is 1.76 bits per heavy atom. The lowest BCUT2D eigenvalue weighted by Crippen LogP contribution is -2.75. The van der Waals surface area contributed by atoms with Crippen LogP contribution >= 0.6 is 15.9 Å². The molecule has 0 atom stereocenters. The number of nitrogens with zero attached hydrogens (tertiary/aromatic N) is 1. The number of anilines is 2. The molecule has 1 saturated carbocycles. The molecule has 0 heterocycles. The van der Waals surface area contributed by atoms with Gasteiger partial charge < -0.3 is 21.1 Å². The van der Waals surface area contributed by atoms with E-state index >= 15 is 0 Å². The first-order chi connectivity index (χ1) is 13.6. The molecule has 1 aliphatic carbocycles. The van der Waals surface area contributed by atoms with Crippen molar-refractivity contribution >= 4 is 33.3 Å². The quantitative estimate of drug-likeness (QED) is 0.568. The highest BCUT2D eigenvalue weighted by Crippen LogP contribution is 2.55. The van der Waals surface area contributed by atoms with Gasteiger partial charge in [-0.15, -0.1) is 0 Å². The van der Waals surface area contributed by atoms with Crippen LogP contribution < -0.4 is 21.1 Å². The fourth-order valence-corrected chi connectivity index (χ4v) is 4.91. The number of nitrogens with one attached hydrogen (secondary N) is 2. The van der Waals surface area contributed by atoms with Gasteiger partial charge in [0, 0.05) is 32.7 Å². The fraction of sp³-hybridized carbons (Fsp3) is 0.364. The normalized spacial score (nSPS) is 21.4. The lowest BCUT2D eigenvalue weighted by atomic mass is 9.49. The molecule has 0 aliphatic heterocycles. The van der Waals surface area contributed by atoms with E-state index in [1.165, 1.54) is 0 Å². The van der Waals surface area contributed by atoms with Crippen LogP contribution in [0.4, 0.5) is 16.2 Å². The number of rotatable bonds is 4. The van der Waals surface area contributed by atoms with Gasteiger partial charge >= 0.3 is 6.03 Å². The second kappa shape index (κ2) is 7.60. The molecule has 1 fully saturated rings. The van der Waals surface area contributed by atoms with E-state index in [9.17, 15) is 4.79 Å². The van der Waals surface area contributed by atoms with Gasteiger partial charge in [0.15, 0.2) is 0 Å². The number of amides is 2. The molecule has 0 spiro atoms. The van der Waals surface area contributed by atoms with Gasteiger partial charge in [-0.25, -0.2) is 4.79 Å². The Morgan fingerprint density at radius 3 is 2.31 bits per heavy atom. The number of carbonyl (C=O) groups is 1. The second-order valence-electron chi connectivity index (χ2n) is 8.55. The molecule has 0 bridgehead atoms. The predicted molar refractivity (Wildman–Crippen MR) is 118 cm³/mol. The Hall–Kier alpha value is -2.72. The third kappa shape index (κ3) is 4.03. The average Bonchev–Trinajstić information content (AvgIpc) is 2.66. The molecule has 2 aromatic rings. The number of halogens is 1. The fourth-order valence-electron chi connectivity index (χ4n) is 4.46. The van der Waals surface area contributed by atoms with E-state index in [4.69, 9.17) is 15.7 Å². The summed E-state index contributed by atoms with van der Waals surface area (Å²) in [7, 11) is 0. The van der Waals surface area contributed by atoms with Crippen molar-refractivity contribution in [2.24, 2.45) is 10.8 Å². The highest BCUT2D eigenvalue weighted by molar-refractivity contribution is 9.10. The predicted octanol–water partition coefficient (Wildman–Crippen LogP) is 4.91. The molecule has 7 heteroatoms. The maximum Gasteiger partial charge on any atom is 0.319 e. The van der Waals surface area contributed by atoms with Crippen molar-refractivity contribution in [3.05, 3.63) is 52.5 Å². The summed E-state index contributed by atoms with van der Waals surface area (Å²) in [4.78, 5) is 12.5. The van der Waals surface area contributed by atoms with E-state index in [0.29, 0.717) is 27.2 Å². The zero-order valence-electron chi connectivity index (χ0n) is 16.9. The molecular formula is C22H25BrN4O2. The van der Waals surface area contributed by atoms with Gasteiger partial charge in [-0.2, -0.15) is 5.26 Å². The molecule has 152 valence electrons. The van der Waals surface area contributed by atoms with E-state index in [1.807, 2.05) is 0 Å². The molecule has 0 unspecified atom stereocenters. The Labute approximate surface area is 179 Å². The maximum absolute atomic E-state index is 12.5. The Kier molecular flexibility index (Phi) is 5.50. The summed E-state index contributed by atoms with van der Waals surface area (Å²) >= 11 is 3.40. The van der Waals surface area contributed by atoms with Crippen LogP contribution in [0.3, 0.4) is 0 Å². The van der Waals surface area contributed by atoms with E-state index < -0.39 is 0 Å². The Balaban J connectivity index is 1.69. The standard InChI is InChI=1S/C22H25BrN4O2/c1-21(2)18(27-20(28)26-15-8-6-14(25)7-9-15)22(3,4)19(21)29-16-10-5-13(12-24)17(23)11-16/h5-11,18-19H,25H2,1-4H3,(H2,26,27,28)/t18-,19-. The van der Waals surface area contributed by atoms with Crippen molar-refractivity contribution in [1.82, 2.24) is 5.32 Å². The molecule has 29 heavy (non-hydrogen) atoms. The summed E-state index contributed by atoms with van der Waals surface area (Å²) in [5.74, 6) is 0.687. The van der Waals surface area contributed by atoms with Gasteiger partial charge in [0.1, 0.15) is 17.9 Å². The Morgan fingerprint density at radius 1 is 1.14 bits per heavy atom. The zero-order chi connectivity index (χ0) is 21.4. The largest absolute Gasteiger partial charge is 0.489 e. The molecule has 3 rings (SSSR count). The third-order valence-corrected chi connectivity index (χ3v) is 6.25. The minimum atomic E-state index is -0.289. The van der Waals surface area contributed by atoms with Crippen molar-refractivity contribution < 1.29 is 9.53 Å². The average molecular weight is 457 g/mol. The highest BCUT2D eigenvalue weighted by atomic mass is 79.9. The molecule has 0 radical (unpaired) electrons. The van der Waals surface area contributed by atoms with Crippen molar-refractivity contribution in [3.63, 3.8) is 0 Å². The summed E-state index contributed by atoms with van der Waals surface area (Å²) < 4.78 is 6.98. The number of nitrogens with two attached hydrogens (primary N) is 1. The maximum atomic E-state index is 12.5. The Bertz CT molecular complexity index is 948. The van der Waals surface area contributed by atoms with Gasteiger partial charge in [0.2, 0.25) is 0 Å². The molecule has 4 N–H and O–H groups in total. The molecule has 0 aromatic heterocycles. The lowest BCUT2D eigenvalue weighted by molar-refractivity contribution is -0.163. The monoisotopic (exact) mass is 456 g/mol. The van der Waals surface area contributed by atoms with Gasteiger partial charge in [0.25, 0.3) is 0 Å². The minimum Gasteiger partial charge on any atom is -0.489 e. The molecular weight excluding hydrogens is 432 g/mol. The molecule has 2 amide bonds. The van der Waals surface area contributed by atoms with E-state index in [0.717, 1.165) is 0 Å². The van der Waals surface area contributed by atoms with Crippen LogP contribution in [-0.2, 0) is 0 Å². The first-order valence-corrected chi connectivity index (χ1v) is 10.1. The summed E-state index contributed by atoms with van der Waals surface area (Å²) in [5, 5.41) is 15.0. The third-order valence-electron chi connectivity index (χ3n) is 5.60. The molecule has 0 saturated heterocycles. The summed E-state index contributed by atoms with van der Waals surface area (Å²) in [6.07, 6.45) is -0.114. The SMILES string of the molecule is CC1(C)[C@H](NC(=O)Nc2ccc(N)cc2)C(C)(C)[C@H]1Oc1ccc(C#N)c(Br)c1. The number of hydrogen-bond acceptors (Lipinski definition) is 4. The number of urea groups is 1. The van der Waals surface area contributed by atoms with E-state index in [1.54, 1.807) is 42.5 Å².